The zero-order valence-electron chi connectivity index (χ0n) is 16.5. The van der Waals surface area contributed by atoms with Gasteiger partial charge in [0.25, 0.3) is 0 Å². The van der Waals surface area contributed by atoms with Gasteiger partial charge in [-0.3, -0.25) is 4.79 Å². The molecular formula is C23H21NO5. The van der Waals surface area contributed by atoms with Crippen molar-refractivity contribution < 1.29 is 23.8 Å². The van der Waals surface area contributed by atoms with Crippen molar-refractivity contribution in [3.63, 3.8) is 0 Å². The maximum atomic E-state index is 12.8. The second-order valence-electron chi connectivity index (χ2n) is 6.82. The van der Waals surface area contributed by atoms with Crippen LogP contribution in [0.2, 0.25) is 0 Å². The summed E-state index contributed by atoms with van der Waals surface area (Å²) in [6.45, 7) is 3.64. The molecular weight excluding hydrogens is 370 g/mol. The van der Waals surface area contributed by atoms with Crippen LogP contribution in [-0.2, 0) is 16.6 Å². The molecule has 1 aliphatic rings. The second-order valence-corrected chi connectivity index (χ2v) is 6.82. The van der Waals surface area contributed by atoms with Crippen LogP contribution in [0.5, 0.6) is 11.5 Å². The fraction of sp³-hybridized carbons (Fsp3) is 0.217. The number of hydrogen-bond donors (Lipinski definition) is 0. The molecule has 29 heavy (non-hydrogen) atoms. The van der Waals surface area contributed by atoms with Gasteiger partial charge in [-0.05, 0) is 38.1 Å². The van der Waals surface area contributed by atoms with Gasteiger partial charge in [0.05, 0.1) is 12.2 Å². The van der Waals surface area contributed by atoms with Gasteiger partial charge >= 0.3 is 5.97 Å². The lowest BCUT2D eigenvalue weighted by Crippen LogP contribution is -2.26. The van der Waals surface area contributed by atoms with Crippen LogP contribution >= 0.6 is 0 Å². The number of ketones is 1. The van der Waals surface area contributed by atoms with Crippen LogP contribution in [0.4, 0.5) is 0 Å². The quantitative estimate of drug-likeness (QED) is 0.483. The minimum Gasteiger partial charge on any atom is -0.479 e. The Kier molecular flexibility index (Phi) is 4.84. The molecule has 1 unspecified atom stereocenters. The summed E-state index contributed by atoms with van der Waals surface area (Å²) >= 11 is 0. The van der Waals surface area contributed by atoms with Gasteiger partial charge in [0.1, 0.15) is 11.5 Å². The van der Waals surface area contributed by atoms with E-state index in [0.717, 1.165) is 16.5 Å². The number of aromatic nitrogens is 1. The first kappa shape index (κ1) is 18.8. The van der Waals surface area contributed by atoms with Gasteiger partial charge < -0.3 is 18.8 Å². The highest BCUT2D eigenvalue weighted by Gasteiger charge is 2.28. The third-order valence-electron chi connectivity index (χ3n) is 4.79. The number of aryl methyl sites for hydroxylation is 1. The van der Waals surface area contributed by atoms with Crippen molar-refractivity contribution in [2.45, 2.75) is 20.0 Å². The second kappa shape index (κ2) is 7.47. The Morgan fingerprint density at radius 1 is 1.24 bits per heavy atom. The fourth-order valence-electron chi connectivity index (χ4n) is 3.38. The van der Waals surface area contributed by atoms with Crippen molar-refractivity contribution in [1.82, 2.24) is 4.57 Å². The maximum absolute atomic E-state index is 12.8. The molecule has 6 heteroatoms. The number of fused-ring (bicyclic) bond motifs is 2. The minimum absolute atomic E-state index is 0.182. The average Bonchev–Trinajstić information content (AvgIpc) is 3.19. The van der Waals surface area contributed by atoms with Crippen molar-refractivity contribution >= 4 is 28.7 Å². The molecule has 0 saturated carbocycles. The number of allylic oxidation sites excluding steroid dienone is 1. The molecule has 2 aromatic carbocycles. The Labute approximate surface area is 168 Å². The van der Waals surface area contributed by atoms with E-state index in [2.05, 4.69) is 0 Å². The molecule has 148 valence electrons. The number of esters is 1. The lowest BCUT2D eigenvalue weighted by molar-refractivity contribution is -0.150. The molecule has 6 nitrogen and oxygen atoms in total. The molecule has 0 radical (unpaired) electrons. The van der Waals surface area contributed by atoms with E-state index >= 15 is 0 Å². The number of hydrogen-bond acceptors (Lipinski definition) is 5. The van der Waals surface area contributed by atoms with Crippen molar-refractivity contribution in [2.24, 2.45) is 7.05 Å². The van der Waals surface area contributed by atoms with Gasteiger partial charge in [0, 0.05) is 35.8 Å². The molecule has 0 N–H and O–H groups in total. The van der Waals surface area contributed by atoms with Crippen LogP contribution in [0.3, 0.4) is 0 Å². The maximum Gasteiger partial charge on any atom is 0.347 e. The van der Waals surface area contributed by atoms with Crippen LogP contribution in [0.1, 0.15) is 29.8 Å². The summed E-state index contributed by atoms with van der Waals surface area (Å²) in [7, 11) is 1.96. The van der Waals surface area contributed by atoms with E-state index in [-0.39, 0.29) is 18.1 Å². The molecule has 4 rings (SSSR count). The SMILES string of the molecule is CCOC(=O)C(C)Oc1ccc2c(c1)O/C(=C\c1cn(C)c3ccccc13)C2=O. The van der Waals surface area contributed by atoms with Gasteiger partial charge in [-0.1, -0.05) is 18.2 Å². The lowest BCUT2D eigenvalue weighted by Gasteiger charge is -2.13. The number of rotatable bonds is 5. The number of para-hydroxylation sites is 1. The van der Waals surface area contributed by atoms with Crippen molar-refractivity contribution in [3.05, 3.63) is 65.5 Å². The van der Waals surface area contributed by atoms with Crippen molar-refractivity contribution in [3.8, 4) is 11.5 Å². The Hall–Kier alpha value is -3.54. The number of ether oxygens (including phenoxy) is 3. The molecule has 2 heterocycles. The normalized spacial score (nSPS) is 15.3. The first-order valence-electron chi connectivity index (χ1n) is 9.43. The van der Waals surface area contributed by atoms with Crippen LogP contribution < -0.4 is 9.47 Å². The van der Waals surface area contributed by atoms with E-state index in [1.54, 1.807) is 38.1 Å². The first-order valence-corrected chi connectivity index (χ1v) is 9.43. The van der Waals surface area contributed by atoms with E-state index in [9.17, 15) is 9.59 Å². The standard InChI is InChI=1S/C23H21NO5/c1-4-27-23(26)14(2)28-16-9-10-18-20(12-16)29-21(22(18)25)11-15-13-24(3)19-8-6-5-7-17(15)19/h5-14H,4H2,1-3H3/b21-11-. The van der Waals surface area contributed by atoms with Crippen LogP contribution in [0.25, 0.3) is 17.0 Å². The van der Waals surface area contributed by atoms with E-state index in [0.29, 0.717) is 17.1 Å². The Bertz CT molecular complexity index is 1140. The number of Topliss-reactive ketones (excluding diaryl/α,β-unsaturated/α-hetero) is 1. The smallest absolute Gasteiger partial charge is 0.347 e. The highest BCUT2D eigenvalue weighted by Crippen LogP contribution is 2.36. The summed E-state index contributed by atoms with van der Waals surface area (Å²) in [4.78, 5) is 24.5. The Balaban J connectivity index is 1.60. The predicted molar refractivity (Wildman–Crippen MR) is 109 cm³/mol. The third-order valence-corrected chi connectivity index (χ3v) is 4.79. The van der Waals surface area contributed by atoms with Gasteiger partial charge in [0.15, 0.2) is 11.9 Å². The van der Waals surface area contributed by atoms with E-state index in [1.165, 1.54) is 0 Å². The summed E-state index contributed by atoms with van der Waals surface area (Å²) in [5.74, 6) is 0.477. The molecule has 0 spiro atoms. The molecule has 0 saturated heterocycles. The summed E-state index contributed by atoms with van der Waals surface area (Å²) < 4.78 is 18.4. The molecule has 1 aliphatic heterocycles. The van der Waals surface area contributed by atoms with Gasteiger partial charge in [-0.2, -0.15) is 0 Å². The first-order chi connectivity index (χ1) is 14.0. The van der Waals surface area contributed by atoms with Crippen molar-refractivity contribution in [2.75, 3.05) is 6.61 Å². The van der Waals surface area contributed by atoms with Crippen LogP contribution in [0.15, 0.2) is 54.4 Å². The average molecular weight is 391 g/mol. The zero-order valence-corrected chi connectivity index (χ0v) is 16.5. The van der Waals surface area contributed by atoms with Gasteiger partial charge in [0.2, 0.25) is 5.78 Å². The molecule has 1 aromatic heterocycles. The number of carbonyl (C=O) groups excluding carboxylic acids is 2. The topological polar surface area (TPSA) is 66.8 Å². The fourth-order valence-corrected chi connectivity index (χ4v) is 3.38. The van der Waals surface area contributed by atoms with Crippen molar-refractivity contribution in [1.29, 1.82) is 0 Å². The summed E-state index contributed by atoms with van der Waals surface area (Å²) in [6, 6.07) is 12.9. The van der Waals surface area contributed by atoms with E-state index in [1.807, 2.05) is 42.1 Å². The summed E-state index contributed by atoms with van der Waals surface area (Å²) in [5.41, 5.74) is 2.45. The number of nitrogens with zero attached hydrogens (tertiary/aromatic N) is 1. The Morgan fingerprint density at radius 2 is 2.03 bits per heavy atom. The summed E-state index contributed by atoms with van der Waals surface area (Å²) in [6.07, 6.45) is 2.97. The van der Waals surface area contributed by atoms with Crippen LogP contribution in [-0.4, -0.2) is 29.0 Å². The molecule has 0 aliphatic carbocycles. The number of benzene rings is 2. The molecule has 0 amide bonds. The molecule has 0 bridgehead atoms. The molecule has 1 atom stereocenters. The lowest BCUT2D eigenvalue weighted by atomic mass is 10.1. The van der Waals surface area contributed by atoms with Crippen LogP contribution in [0, 0.1) is 0 Å². The van der Waals surface area contributed by atoms with E-state index in [4.69, 9.17) is 14.2 Å². The predicted octanol–water partition coefficient (Wildman–Crippen LogP) is 4.12. The third kappa shape index (κ3) is 3.49. The zero-order chi connectivity index (χ0) is 20.5. The Morgan fingerprint density at radius 3 is 2.83 bits per heavy atom. The monoisotopic (exact) mass is 391 g/mol. The highest BCUT2D eigenvalue weighted by molar-refractivity contribution is 6.15. The van der Waals surface area contributed by atoms with Gasteiger partial charge in [-0.15, -0.1) is 0 Å². The van der Waals surface area contributed by atoms with Gasteiger partial charge in [-0.25, -0.2) is 4.79 Å². The van der Waals surface area contributed by atoms with E-state index < -0.39 is 12.1 Å². The number of carbonyl (C=O) groups is 2. The molecule has 3 aromatic rings. The molecule has 0 fully saturated rings. The largest absolute Gasteiger partial charge is 0.479 e. The summed E-state index contributed by atoms with van der Waals surface area (Å²) in [5, 5.41) is 1.04. The minimum atomic E-state index is -0.754. The highest BCUT2D eigenvalue weighted by atomic mass is 16.6.